The van der Waals surface area contributed by atoms with Crippen LogP contribution in [0.2, 0.25) is 0 Å². The van der Waals surface area contributed by atoms with Gasteiger partial charge < -0.3 is 4.74 Å². The van der Waals surface area contributed by atoms with Crippen molar-refractivity contribution in [1.29, 1.82) is 0 Å². The molecule has 0 amide bonds. The van der Waals surface area contributed by atoms with Crippen molar-refractivity contribution in [2.24, 2.45) is 5.92 Å². The van der Waals surface area contributed by atoms with Crippen LogP contribution in [0, 0.1) is 19.8 Å². The van der Waals surface area contributed by atoms with E-state index in [1.54, 1.807) is 0 Å². The fraction of sp³-hybridized carbons (Fsp3) is 0.571. The molecule has 0 aromatic heterocycles. The minimum Gasteiger partial charge on any atom is -0.381 e. The molecule has 88 valence electrons. The van der Waals surface area contributed by atoms with Crippen LogP contribution in [0.5, 0.6) is 0 Å². The number of ether oxygens (including phenoxy) is 1. The fourth-order valence-corrected chi connectivity index (χ4v) is 2.95. The van der Waals surface area contributed by atoms with Crippen molar-refractivity contribution in [3.63, 3.8) is 0 Å². The van der Waals surface area contributed by atoms with E-state index in [4.69, 9.17) is 4.74 Å². The molecule has 1 aromatic rings. The molecule has 1 aliphatic heterocycles. The molecule has 1 fully saturated rings. The maximum absolute atomic E-state index is 5.43. The average Bonchev–Trinajstić information content (AvgIpc) is 2.77. The Morgan fingerprint density at radius 1 is 1.38 bits per heavy atom. The van der Waals surface area contributed by atoms with Gasteiger partial charge in [0.2, 0.25) is 0 Å². The van der Waals surface area contributed by atoms with E-state index >= 15 is 0 Å². The van der Waals surface area contributed by atoms with Crippen molar-refractivity contribution in [2.45, 2.75) is 31.5 Å². The topological polar surface area (TPSA) is 9.23 Å². The van der Waals surface area contributed by atoms with Crippen molar-refractivity contribution >= 4 is 15.9 Å². The predicted molar refractivity (Wildman–Crippen MR) is 71.3 cm³/mol. The molecular weight excluding hydrogens is 264 g/mol. The summed E-state index contributed by atoms with van der Waals surface area (Å²) in [7, 11) is 0. The Morgan fingerprint density at radius 2 is 2.19 bits per heavy atom. The van der Waals surface area contributed by atoms with E-state index in [1.165, 1.54) is 23.1 Å². The molecule has 2 atom stereocenters. The van der Waals surface area contributed by atoms with Gasteiger partial charge in [-0.25, -0.2) is 0 Å². The average molecular weight is 283 g/mol. The second kappa shape index (κ2) is 5.33. The van der Waals surface area contributed by atoms with Crippen LogP contribution in [0.3, 0.4) is 0 Å². The molecule has 1 saturated heterocycles. The molecule has 1 aliphatic rings. The van der Waals surface area contributed by atoms with Gasteiger partial charge in [-0.05, 0) is 49.3 Å². The van der Waals surface area contributed by atoms with Crippen molar-refractivity contribution < 1.29 is 4.74 Å². The Labute approximate surface area is 106 Å². The summed E-state index contributed by atoms with van der Waals surface area (Å²) in [6.45, 7) is 6.19. The third-order valence-electron chi connectivity index (χ3n) is 3.48. The summed E-state index contributed by atoms with van der Waals surface area (Å²) in [4.78, 5) is 0.553. The van der Waals surface area contributed by atoms with E-state index in [0.717, 1.165) is 19.6 Å². The molecule has 0 saturated carbocycles. The van der Waals surface area contributed by atoms with E-state index in [2.05, 4.69) is 48.0 Å². The van der Waals surface area contributed by atoms with Crippen LogP contribution < -0.4 is 0 Å². The van der Waals surface area contributed by atoms with Crippen LogP contribution in [-0.2, 0) is 11.2 Å². The first kappa shape index (κ1) is 12.1. The zero-order valence-corrected chi connectivity index (χ0v) is 11.6. The highest BCUT2D eigenvalue weighted by Crippen LogP contribution is 2.26. The number of aryl methyl sites for hydroxylation is 2. The summed E-state index contributed by atoms with van der Waals surface area (Å²) in [5, 5.41) is 0. The van der Waals surface area contributed by atoms with Crippen molar-refractivity contribution in [1.82, 2.24) is 0 Å². The Bertz CT molecular complexity index is 356. The molecule has 1 nitrogen and oxygen atoms in total. The largest absolute Gasteiger partial charge is 0.381 e. The maximum atomic E-state index is 5.43. The molecule has 0 bridgehead atoms. The number of rotatable bonds is 3. The summed E-state index contributed by atoms with van der Waals surface area (Å²) >= 11 is 3.80. The third-order valence-corrected chi connectivity index (χ3v) is 4.55. The molecule has 2 unspecified atom stereocenters. The molecule has 16 heavy (non-hydrogen) atoms. The van der Waals surface area contributed by atoms with E-state index < -0.39 is 0 Å². The first-order valence-corrected chi connectivity index (χ1v) is 6.86. The monoisotopic (exact) mass is 282 g/mol. The second-order valence-corrected chi connectivity index (χ2v) is 5.94. The molecule has 2 heteroatoms. The predicted octanol–water partition coefficient (Wildman–Crippen LogP) is 3.65. The van der Waals surface area contributed by atoms with Crippen LogP contribution in [0.15, 0.2) is 18.2 Å². The lowest BCUT2D eigenvalue weighted by Gasteiger charge is -2.16. The summed E-state index contributed by atoms with van der Waals surface area (Å²) in [6.07, 6.45) is 2.30. The Hall–Kier alpha value is -0.340. The first-order chi connectivity index (χ1) is 7.66. The van der Waals surface area contributed by atoms with Gasteiger partial charge in [0.15, 0.2) is 0 Å². The fourth-order valence-electron chi connectivity index (χ4n) is 2.16. The molecule has 0 aliphatic carbocycles. The van der Waals surface area contributed by atoms with Gasteiger partial charge in [0, 0.05) is 11.4 Å². The number of hydrogen-bond acceptors (Lipinski definition) is 1. The van der Waals surface area contributed by atoms with E-state index in [-0.39, 0.29) is 0 Å². The smallest absolute Gasteiger partial charge is 0.0505 e. The van der Waals surface area contributed by atoms with Gasteiger partial charge in [-0.3, -0.25) is 0 Å². The van der Waals surface area contributed by atoms with Gasteiger partial charge in [0.1, 0.15) is 0 Å². The second-order valence-electron chi connectivity index (χ2n) is 4.76. The van der Waals surface area contributed by atoms with Gasteiger partial charge >= 0.3 is 0 Å². The van der Waals surface area contributed by atoms with Gasteiger partial charge in [0.25, 0.3) is 0 Å². The highest BCUT2D eigenvalue weighted by molar-refractivity contribution is 9.09. The van der Waals surface area contributed by atoms with Gasteiger partial charge in [0.05, 0.1) is 6.61 Å². The molecule has 0 radical (unpaired) electrons. The molecule has 0 spiro atoms. The standard InChI is InChI=1S/C14H19BrO/c1-10-3-4-12(7-11(10)2)8-14(15)13-5-6-16-9-13/h3-4,7,13-14H,5-6,8-9H2,1-2H3. The highest BCUT2D eigenvalue weighted by atomic mass is 79.9. The summed E-state index contributed by atoms with van der Waals surface area (Å²) in [6, 6.07) is 6.77. The summed E-state index contributed by atoms with van der Waals surface area (Å²) in [5.74, 6) is 0.682. The Balaban J connectivity index is 1.99. The minimum atomic E-state index is 0.553. The number of benzene rings is 1. The first-order valence-electron chi connectivity index (χ1n) is 5.95. The number of alkyl halides is 1. The number of hydrogen-bond donors (Lipinski definition) is 0. The zero-order valence-electron chi connectivity index (χ0n) is 10.0. The van der Waals surface area contributed by atoms with Crippen LogP contribution in [-0.4, -0.2) is 18.0 Å². The SMILES string of the molecule is Cc1ccc(CC(Br)C2CCOC2)cc1C. The Kier molecular flexibility index (Phi) is 4.04. The van der Waals surface area contributed by atoms with Crippen LogP contribution in [0.4, 0.5) is 0 Å². The van der Waals surface area contributed by atoms with Crippen molar-refractivity contribution in [2.75, 3.05) is 13.2 Å². The number of halogens is 1. The normalized spacial score (nSPS) is 22.3. The molecule has 1 heterocycles. The van der Waals surface area contributed by atoms with E-state index in [0.29, 0.717) is 10.7 Å². The molecular formula is C14H19BrO. The molecule has 0 N–H and O–H groups in total. The van der Waals surface area contributed by atoms with E-state index in [1.807, 2.05) is 0 Å². The summed E-state index contributed by atoms with van der Waals surface area (Å²) < 4.78 is 5.43. The van der Waals surface area contributed by atoms with E-state index in [9.17, 15) is 0 Å². The van der Waals surface area contributed by atoms with Gasteiger partial charge in [-0.1, -0.05) is 34.1 Å². The zero-order chi connectivity index (χ0) is 11.5. The quantitative estimate of drug-likeness (QED) is 0.769. The van der Waals surface area contributed by atoms with Gasteiger partial charge in [-0.2, -0.15) is 0 Å². The minimum absolute atomic E-state index is 0.553. The molecule has 1 aromatic carbocycles. The lowest BCUT2D eigenvalue weighted by atomic mass is 9.97. The van der Waals surface area contributed by atoms with Crippen molar-refractivity contribution in [3.8, 4) is 0 Å². The van der Waals surface area contributed by atoms with Crippen LogP contribution in [0.1, 0.15) is 23.1 Å². The van der Waals surface area contributed by atoms with Crippen LogP contribution >= 0.6 is 15.9 Å². The third kappa shape index (κ3) is 2.86. The van der Waals surface area contributed by atoms with Crippen molar-refractivity contribution in [3.05, 3.63) is 34.9 Å². The van der Waals surface area contributed by atoms with Crippen LogP contribution in [0.25, 0.3) is 0 Å². The summed E-state index contributed by atoms with van der Waals surface area (Å²) in [5.41, 5.74) is 4.19. The Morgan fingerprint density at radius 3 is 2.81 bits per heavy atom. The molecule has 2 rings (SSSR count). The van der Waals surface area contributed by atoms with Gasteiger partial charge in [-0.15, -0.1) is 0 Å². The lowest BCUT2D eigenvalue weighted by molar-refractivity contribution is 0.185. The highest BCUT2D eigenvalue weighted by Gasteiger charge is 2.23. The lowest BCUT2D eigenvalue weighted by Crippen LogP contribution is -2.17. The maximum Gasteiger partial charge on any atom is 0.0505 e.